The maximum absolute atomic E-state index is 13.4. The molecule has 0 fully saturated rings. The third-order valence-corrected chi connectivity index (χ3v) is 6.75. The van der Waals surface area contributed by atoms with Gasteiger partial charge in [0.2, 0.25) is 5.78 Å². The molecule has 2 heterocycles. The first-order valence-electron chi connectivity index (χ1n) is 11.3. The van der Waals surface area contributed by atoms with Crippen LogP contribution in [0.2, 0.25) is 0 Å². The van der Waals surface area contributed by atoms with E-state index in [0.29, 0.717) is 30.1 Å². The largest absolute Gasteiger partial charge is 0.492 e. The summed E-state index contributed by atoms with van der Waals surface area (Å²) in [5.41, 5.74) is 5.27. The van der Waals surface area contributed by atoms with E-state index in [1.165, 1.54) is 11.1 Å². The van der Waals surface area contributed by atoms with Crippen LogP contribution in [-0.4, -0.2) is 31.5 Å². The van der Waals surface area contributed by atoms with Crippen LogP contribution in [0.1, 0.15) is 22.3 Å². The molecular weight excluding hydrogens is 444 g/mol. The van der Waals surface area contributed by atoms with E-state index in [-0.39, 0.29) is 5.56 Å². The number of thioether (sulfide) groups is 1. The molecule has 5 aromatic rings. The van der Waals surface area contributed by atoms with Gasteiger partial charge in [-0.15, -0.1) is 10.2 Å². The zero-order valence-electron chi connectivity index (χ0n) is 19.5. The Morgan fingerprint density at radius 2 is 1.68 bits per heavy atom. The van der Waals surface area contributed by atoms with Gasteiger partial charge in [0.15, 0.2) is 5.16 Å². The molecule has 0 spiro atoms. The minimum Gasteiger partial charge on any atom is -0.492 e. The van der Waals surface area contributed by atoms with Crippen LogP contribution in [0, 0.1) is 20.8 Å². The van der Waals surface area contributed by atoms with E-state index >= 15 is 0 Å². The molecule has 0 atom stereocenters. The van der Waals surface area contributed by atoms with Crippen molar-refractivity contribution >= 4 is 28.4 Å². The molecule has 0 saturated heterocycles. The number of hydrogen-bond donors (Lipinski definition) is 0. The Kier molecular flexibility index (Phi) is 6.11. The summed E-state index contributed by atoms with van der Waals surface area (Å²) in [7, 11) is 0. The highest BCUT2D eigenvalue weighted by Crippen LogP contribution is 2.23. The molecule has 5 rings (SSSR count). The molecule has 172 valence electrons. The van der Waals surface area contributed by atoms with Crippen LogP contribution in [-0.2, 0) is 6.54 Å². The van der Waals surface area contributed by atoms with Gasteiger partial charge in [0, 0.05) is 5.75 Å². The van der Waals surface area contributed by atoms with E-state index in [0.717, 1.165) is 27.5 Å². The lowest BCUT2D eigenvalue weighted by atomic mass is 10.1. The van der Waals surface area contributed by atoms with Crippen molar-refractivity contribution in [3.05, 3.63) is 99.3 Å². The quantitative estimate of drug-likeness (QED) is 0.242. The highest BCUT2D eigenvalue weighted by atomic mass is 32.2. The van der Waals surface area contributed by atoms with Crippen molar-refractivity contribution in [2.24, 2.45) is 0 Å². The first kappa shape index (κ1) is 22.2. The molecule has 0 bridgehead atoms. The van der Waals surface area contributed by atoms with Crippen LogP contribution in [0.3, 0.4) is 0 Å². The Morgan fingerprint density at radius 3 is 2.50 bits per heavy atom. The lowest BCUT2D eigenvalue weighted by Crippen LogP contribution is -2.24. The van der Waals surface area contributed by atoms with Crippen LogP contribution in [0.25, 0.3) is 16.7 Å². The molecule has 34 heavy (non-hydrogen) atoms. The maximum Gasteiger partial charge on any atom is 0.263 e. The van der Waals surface area contributed by atoms with Crippen LogP contribution in [0.5, 0.6) is 5.75 Å². The summed E-state index contributed by atoms with van der Waals surface area (Å²) in [6.45, 7) is 7.14. The van der Waals surface area contributed by atoms with Crippen molar-refractivity contribution in [2.45, 2.75) is 32.5 Å². The second-order valence-corrected chi connectivity index (χ2v) is 9.54. The Bertz CT molecular complexity index is 1540. The van der Waals surface area contributed by atoms with E-state index in [1.807, 2.05) is 47.7 Å². The summed E-state index contributed by atoms with van der Waals surface area (Å²) in [6, 6.07) is 22.0. The molecule has 0 aliphatic heterocycles. The van der Waals surface area contributed by atoms with E-state index in [1.54, 1.807) is 16.3 Å². The Balaban J connectivity index is 1.46. The molecule has 6 nitrogen and oxygen atoms in total. The minimum absolute atomic E-state index is 0.0640. The molecule has 0 N–H and O–H groups in total. The molecule has 0 unspecified atom stereocenters. The molecule has 0 amide bonds. The van der Waals surface area contributed by atoms with E-state index in [9.17, 15) is 4.79 Å². The second kappa shape index (κ2) is 9.35. The van der Waals surface area contributed by atoms with Crippen molar-refractivity contribution in [3.8, 4) is 5.75 Å². The Morgan fingerprint density at radius 1 is 0.912 bits per heavy atom. The van der Waals surface area contributed by atoms with Gasteiger partial charge in [0.1, 0.15) is 5.75 Å². The number of benzene rings is 3. The van der Waals surface area contributed by atoms with Crippen molar-refractivity contribution < 1.29 is 4.74 Å². The van der Waals surface area contributed by atoms with Gasteiger partial charge < -0.3 is 4.74 Å². The number of hydrogen-bond acceptors (Lipinski definition) is 5. The van der Waals surface area contributed by atoms with Crippen molar-refractivity contribution in [1.29, 1.82) is 0 Å². The highest BCUT2D eigenvalue weighted by molar-refractivity contribution is 7.99. The van der Waals surface area contributed by atoms with Crippen LogP contribution < -0.4 is 10.3 Å². The monoisotopic (exact) mass is 470 g/mol. The molecule has 0 aliphatic carbocycles. The zero-order chi connectivity index (χ0) is 23.7. The van der Waals surface area contributed by atoms with Crippen LogP contribution >= 0.6 is 11.8 Å². The maximum atomic E-state index is 13.4. The molecule has 2 aromatic heterocycles. The lowest BCUT2D eigenvalue weighted by Gasteiger charge is -2.12. The second-order valence-electron chi connectivity index (χ2n) is 8.48. The fourth-order valence-corrected chi connectivity index (χ4v) is 4.75. The number of ether oxygens (including phenoxy) is 1. The number of para-hydroxylation sites is 1. The molecule has 0 radical (unpaired) electrons. The smallest absolute Gasteiger partial charge is 0.263 e. The third kappa shape index (κ3) is 4.31. The van der Waals surface area contributed by atoms with E-state index < -0.39 is 0 Å². The van der Waals surface area contributed by atoms with E-state index in [2.05, 4.69) is 54.4 Å². The normalized spacial score (nSPS) is 11.4. The number of aromatic nitrogens is 4. The van der Waals surface area contributed by atoms with Gasteiger partial charge in [-0.05, 0) is 55.7 Å². The van der Waals surface area contributed by atoms with Gasteiger partial charge in [-0.25, -0.2) is 0 Å². The van der Waals surface area contributed by atoms with Crippen LogP contribution in [0.15, 0.2) is 76.7 Å². The van der Waals surface area contributed by atoms with Gasteiger partial charge >= 0.3 is 0 Å². The number of aryl methyl sites for hydroxylation is 3. The summed E-state index contributed by atoms with van der Waals surface area (Å²) in [5.74, 6) is 2.16. The summed E-state index contributed by atoms with van der Waals surface area (Å²) in [6.07, 6.45) is 0. The van der Waals surface area contributed by atoms with Crippen molar-refractivity contribution in [1.82, 2.24) is 19.2 Å². The van der Waals surface area contributed by atoms with E-state index in [4.69, 9.17) is 4.74 Å². The average molecular weight is 471 g/mol. The molecule has 0 aliphatic rings. The van der Waals surface area contributed by atoms with Crippen LogP contribution in [0.4, 0.5) is 0 Å². The van der Waals surface area contributed by atoms with Gasteiger partial charge in [0.25, 0.3) is 5.56 Å². The predicted octanol–water partition coefficient (Wildman–Crippen LogP) is 5.19. The summed E-state index contributed by atoms with van der Waals surface area (Å²) in [4.78, 5) is 13.4. The Hall–Kier alpha value is -3.58. The summed E-state index contributed by atoms with van der Waals surface area (Å²) >= 11 is 1.57. The van der Waals surface area contributed by atoms with Gasteiger partial charge in [-0.1, -0.05) is 65.9 Å². The van der Waals surface area contributed by atoms with Crippen molar-refractivity contribution in [2.75, 3.05) is 12.4 Å². The molecule has 3 aromatic carbocycles. The summed E-state index contributed by atoms with van der Waals surface area (Å²) < 4.78 is 9.70. The standard InChI is InChI=1S/C27H26N4O2S/c1-18-9-12-21(13-10-18)17-30-25(32)22-6-4-5-7-23(22)31-26(30)28-29-27(31)34-15-14-33-24-16-19(2)8-11-20(24)3/h4-13,16H,14-15,17H2,1-3H3. The number of rotatable bonds is 7. The number of fused-ring (bicyclic) bond motifs is 3. The van der Waals surface area contributed by atoms with Gasteiger partial charge in [0.05, 0.1) is 24.1 Å². The first-order chi connectivity index (χ1) is 16.5. The fraction of sp³-hybridized carbons (Fsp3) is 0.222. The van der Waals surface area contributed by atoms with Crippen molar-refractivity contribution in [3.63, 3.8) is 0 Å². The minimum atomic E-state index is -0.0640. The summed E-state index contributed by atoms with van der Waals surface area (Å²) in [5, 5.41) is 10.3. The molecular formula is C27H26N4O2S. The Labute approximate surface area is 202 Å². The third-order valence-electron chi connectivity index (χ3n) is 5.86. The highest BCUT2D eigenvalue weighted by Gasteiger charge is 2.17. The van der Waals surface area contributed by atoms with Gasteiger partial charge in [-0.2, -0.15) is 0 Å². The molecule has 0 saturated carbocycles. The topological polar surface area (TPSA) is 61.4 Å². The van der Waals surface area contributed by atoms with Gasteiger partial charge in [-0.3, -0.25) is 13.8 Å². The molecule has 7 heteroatoms. The average Bonchev–Trinajstić information content (AvgIpc) is 3.26. The zero-order valence-corrected chi connectivity index (χ0v) is 20.3. The predicted molar refractivity (Wildman–Crippen MR) is 137 cm³/mol. The number of nitrogens with zero attached hydrogens (tertiary/aromatic N) is 4. The SMILES string of the molecule is Cc1ccc(Cn2c(=O)c3ccccc3n3c(SCCOc4cc(C)ccc4C)nnc23)cc1. The lowest BCUT2D eigenvalue weighted by molar-refractivity contribution is 0.341. The fourth-order valence-electron chi connectivity index (χ4n) is 3.99. The first-order valence-corrected chi connectivity index (χ1v) is 12.2.